The SMILES string of the molecule is COC1CC[N]C1N1CCN(C)CC1. The zero-order valence-corrected chi connectivity index (χ0v) is 9.15. The van der Waals surface area contributed by atoms with Gasteiger partial charge in [-0.3, -0.25) is 4.90 Å². The molecule has 2 heterocycles. The molecular formula is C10H20N3O. The van der Waals surface area contributed by atoms with Crippen LogP contribution in [0.25, 0.3) is 0 Å². The van der Waals surface area contributed by atoms with Gasteiger partial charge in [-0.05, 0) is 13.5 Å². The van der Waals surface area contributed by atoms with E-state index in [1.54, 1.807) is 7.11 Å². The summed E-state index contributed by atoms with van der Waals surface area (Å²) in [6.07, 6.45) is 1.75. The van der Waals surface area contributed by atoms with E-state index in [4.69, 9.17) is 4.74 Å². The highest BCUT2D eigenvalue weighted by Gasteiger charge is 2.33. The first-order chi connectivity index (χ1) is 6.81. The van der Waals surface area contributed by atoms with Crippen LogP contribution in [0.2, 0.25) is 0 Å². The summed E-state index contributed by atoms with van der Waals surface area (Å²) in [5, 5.41) is 4.62. The Kier molecular flexibility index (Phi) is 3.38. The Bertz CT molecular complexity index is 180. The molecule has 4 heteroatoms. The number of hydrogen-bond acceptors (Lipinski definition) is 3. The molecule has 0 aliphatic carbocycles. The molecule has 0 aromatic rings. The van der Waals surface area contributed by atoms with Gasteiger partial charge in [-0.2, -0.15) is 0 Å². The van der Waals surface area contributed by atoms with Gasteiger partial charge < -0.3 is 9.64 Å². The Morgan fingerprint density at radius 3 is 2.57 bits per heavy atom. The summed E-state index contributed by atoms with van der Waals surface area (Å²) in [6, 6.07) is 0. The molecule has 0 N–H and O–H groups in total. The van der Waals surface area contributed by atoms with Gasteiger partial charge in [0.25, 0.3) is 0 Å². The van der Waals surface area contributed by atoms with Crippen molar-refractivity contribution in [2.45, 2.75) is 18.7 Å². The van der Waals surface area contributed by atoms with Crippen LogP contribution in [-0.4, -0.2) is 69.0 Å². The second-order valence-corrected chi connectivity index (χ2v) is 4.22. The molecule has 0 spiro atoms. The van der Waals surface area contributed by atoms with Crippen molar-refractivity contribution in [3.8, 4) is 0 Å². The van der Waals surface area contributed by atoms with Crippen molar-refractivity contribution in [1.29, 1.82) is 0 Å². The number of methoxy groups -OCH3 is 1. The standard InChI is InChI=1S/C10H20N3O/c1-12-5-7-13(8-6-12)10-9(14-2)3-4-11-10/h9-10H,3-8H2,1-2H3. The summed E-state index contributed by atoms with van der Waals surface area (Å²) in [6.45, 7) is 5.54. The molecule has 81 valence electrons. The minimum Gasteiger partial charge on any atom is -0.378 e. The Labute approximate surface area is 86.2 Å². The highest BCUT2D eigenvalue weighted by Crippen LogP contribution is 2.17. The average molecular weight is 198 g/mol. The van der Waals surface area contributed by atoms with Crippen LogP contribution in [0.3, 0.4) is 0 Å². The van der Waals surface area contributed by atoms with Crippen molar-refractivity contribution in [3.63, 3.8) is 0 Å². The van der Waals surface area contributed by atoms with Gasteiger partial charge in [0.1, 0.15) is 6.17 Å². The largest absolute Gasteiger partial charge is 0.378 e. The predicted molar refractivity (Wildman–Crippen MR) is 55.3 cm³/mol. The van der Waals surface area contributed by atoms with E-state index in [9.17, 15) is 0 Å². The molecule has 2 aliphatic rings. The van der Waals surface area contributed by atoms with Crippen LogP contribution in [0.15, 0.2) is 0 Å². The lowest BCUT2D eigenvalue weighted by Crippen LogP contribution is -2.53. The lowest BCUT2D eigenvalue weighted by molar-refractivity contribution is 0.00597. The number of nitrogens with zero attached hydrogens (tertiary/aromatic N) is 3. The van der Waals surface area contributed by atoms with Gasteiger partial charge in [-0.15, -0.1) is 0 Å². The lowest BCUT2D eigenvalue weighted by Gasteiger charge is -2.37. The van der Waals surface area contributed by atoms with E-state index < -0.39 is 0 Å². The van der Waals surface area contributed by atoms with E-state index >= 15 is 0 Å². The molecule has 2 fully saturated rings. The van der Waals surface area contributed by atoms with E-state index in [1.807, 2.05) is 0 Å². The molecule has 4 nitrogen and oxygen atoms in total. The minimum absolute atomic E-state index is 0.327. The van der Waals surface area contributed by atoms with Gasteiger partial charge >= 0.3 is 0 Å². The second kappa shape index (κ2) is 4.57. The van der Waals surface area contributed by atoms with Crippen molar-refractivity contribution in [1.82, 2.24) is 15.1 Å². The molecule has 2 rings (SSSR count). The molecule has 0 aromatic carbocycles. The van der Waals surface area contributed by atoms with E-state index in [-0.39, 0.29) is 0 Å². The molecule has 0 aromatic heterocycles. The summed E-state index contributed by atoms with van der Waals surface area (Å²) in [5.74, 6) is 0. The van der Waals surface area contributed by atoms with Crippen LogP contribution in [0.1, 0.15) is 6.42 Å². The maximum Gasteiger partial charge on any atom is 0.103 e. The van der Waals surface area contributed by atoms with Gasteiger partial charge in [0.05, 0.1) is 6.10 Å². The van der Waals surface area contributed by atoms with Crippen LogP contribution in [0.4, 0.5) is 0 Å². The zero-order chi connectivity index (χ0) is 9.97. The fourth-order valence-corrected chi connectivity index (χ4v) is 2.28. The molecule has 1 radical (unpaired) electrons. The van der Waals surface area contributed by atoms with Crippen LogP contribution in [0, 0.1) is 0 Å². The Balaban J connectivity index is 1.88. The summed E-state index contributed by atoms with van der Waals surface area (Å²) in [5.41, 5.74) is 0. The van der Waals surface area contributed by atoms with Crippen molar-refractivity contribution in [3.05, 3.63) is 0 Å². The first-order valence-corrected chi connectivity index (χ1v) is 5.43. The first-order valence-electron chi connectivity index (χ1n) is 5.43. The summed E-state index contributed by atoms with van der Waals surface area (Å²) in [4.78, 5) is 4.83. The summed E-state index contributed by atoms with van der Waals surface area (Å²) in [7, 11) is 3.98. The Morgan fingerprint density at radius 1 is 1.21 bits per heavy atom. The van der Waals surface area contributed by atoms with Crippen LogP contribution in [-0.2, 0) is 4.74 Å². The highest BCUT2D eigenvalue weighted by atomic mass is 16.5. The first kappa shape index (κ1) is 10.4. The molecule has 2 atom stereocenters. The van der Waals surface area contributed by atoms with Gasteiger partial charge in [-0.25, -0.2) is 5.32 Å². The highest BCUT2D eigenvalue weighted by molar-refractivity contribution is 4.86. The molecule has 0 saturated carbocycles. The number of ether oxygens (including phenoxy) is 1. The van der Waals surface area contributed by atoms with E-state index in [0.717, 1.165) is 39.1 Å². The molecule has 2 unspecified atom stereocenters. The smallest absolute Gasteiger partial charge is 0.103 e. The van der Waals surface area contributed by atoms with E-state index in [2.05, 4.69) is 22.2 Å². The van der Waals surface area contributed by atoms with Gasteiger partial charge in [0, 0.05) is 39.8 Å². The van der Waals surface area contributed by atoms with Crippen molar-refractivity contribution in [2.24, 2.45) is 0 Å². The molecule has 2 saturated heterocycles. The minimum atomic E-state index is 0.327. The Morgan fingerprint density at radius 2 is 1.93 bits per heavy atom. The quantitative estimate of drug-likeness (QED) is 0.604. The number of rotatable bonds is 2. The third-order valence-corrected chi connectivity index (χ3v) is 3.28. The zero-order valence-electron chi connectivity index (χ0n) is 9.15. The normalized spacial score (nSPS) is 36.4. The third kappa shape index (κ3) is 2.08. The van der Waals surface area contributed by atoms with Crippen LogP contribution in [0.5, 0.6) is 0 Å². The number of likely N-dealkylation sites (N-methyl/N-ethyl adjacent to an activating group) is 1. The maximum atomic E-state index is 5.45. The fraction of sp³-hybridized carbons (Fsp3) is 1.00. The second-order valence-electron chi connectivity index (χ2n) is 4.22. The molecule has 0 amide bonds. The van der Waals surface area contributed by atoms with Gasteiger partial charge in [-0.1, -0.05) is 0 Å². The fourth-order valence-electron chi connectivity index (χ4n) is 2.28. The van der Waals surface area contributed by atoms with Crippen molar-refractivity contribution < 1.29 is 4.74 Å². The molecule has 0 bridgehead atoms. The third-order valence-electron chi connectivity index (χ3n) is 3.28. The molecule has 14 heavy (non-hydrogen) atoms. The van der Waals surface area contributed by atoms with Crippen LogP contribution < -0.4 is 5.32 Å². The average Bonchev–Trinajstić information content (AvgIpc) is 2.67. The summed E-state index contributed by atoms with van der Waals surface area (Å²) < 4.78 is 5.45. The number of hydrogen-bond donors (Lipinski definition) is 0. The topological polar surface area (TPSA) is 29.8 Å². The van der Waals surface area contributed by atoms with E-state index in [0.29, 0.717) is 12.3 Å². The molecule has 2 aliphatic heterocycles. The van der Waals surface area contributed by atoms with E-state index in [1.165, 1.54) is 0 Å². The van der Waals surface area contributed by atoms with Crippen LogP contribution >= 0.6 is 0 Å². The van der Waals surface area contributed by atoms with Gasteiger partial charge in [0.15, 0.2) is 0 Å². The van der Waals surface area contributed by atoms with Crippen molar-refractivity contribution >= 4 is 0 Å². The summed E-state index contributed by atoms with van der Waals surface area (Å²) >= 11 is 0. The van der Waals surface area contributed by atoms with Gasteiger partial charge in [0.2, 0.25) is 0 Å². The lowest BCUT2D eigenvalue weighted by atomic mass is 10.2. The molecular weight excluding hydrogens is 178 g/mol. The monoisotopic (exact) mass is 198 g/mol. The maximum absolute atomic E-state index is 5.45. The van der Waals surface area contributed by atoms with Crippen molar-refractivity contribution in [2.75, 3.05) is 46.9 Å². The Hall–Kier alpha value is -0.160. The number of piperazine rings is 1. The predicted octanol–water partition coefficient (Wildman–Crippen LogP) is -0.417.